The highest BCUT2D eigenvalue weighted by Gasteiger charge is 2.16. The predicted molar refractivity (Wildman–Crippen MR) is 141 cm³/mol. The van der Waals surface area contributed by atoms with Crippen LogP contribution in [0.2, 0.25) is 0 Å². The number of rotatable bonds is 5. The van der Waals surface area contributed by atoms with Gasteiger partial charge in [-0.25, -0.2) is 9.50 Å². The van der Waals surface area contributed by atoms with Crippen molar-refractivity contribution < 1.29 is 4.74 Å². The van der Waals surface area contributed by atoms with E-state index >= 15 is 0 Å². The molecule has 0 amide bonds. The molecule has 180 valence electrons. The van der Waals surface area contributed by atoms with Gasteiger partial charge in [0, 0.05) is 61.9 Å². The van der Waals surface area contributed by atoms with Gasteiger partial charge < -0.3 is 24.8 Å². The molecule has 35 heavy (non-hydrogen) atoms. The largest absolute Gasteiger partial charge is 0.378 e. The van der Waals surface area contributed by atoms with Crippen molar-refractivity contribution in [1.29, 1.82) is 0 Å². The average Bonchev–Trinajstić information content (AvgIpc) is 3.33. The molecule has 0 unspecified atom stereocenters. The molecule has 0 spiro atoms. The standard InChI is InChI=1S/C27H31N7O/c1-31-10-12-32(13-11-31)24-7-3-5-22(19-24)29-27-28-20-25-8-9-26(34(25)30-27)21-4-2-6-23(18-21)33-14-16-35-17-15-33/h2-9,18-20H,10-17H2,1H3,(H,29,30). The summed E-state index contributed by atoms with van der Waals surface area (Å²) in [5, 5.41) is 8.26. The molecular weight excluding hydrogens is 438 g/mol. The third kappa shape index (κ3) is 4.67. The van der Waals surface area contributed by atoms with Crippen molar-refractivity contribution in [3.8, 4) is 11.3 Å². The first kappa shape index (κ1) is 21.9. The van der Waals surface area contributed by atoms with Gasteiger partial charge >= 0.3 is 0 Å². The maximum atomic E-state index is 5.52. The van der Waals surface area contributed by atoms with E-state index in [2.05, 4.69) is 92.7 Å². The summed E-state index contributed by atoms with van der Waals surface area (Å²) in [6.07, 6.45) is 1.87. The Kier molecular flexibility index (Phi) is 5.98. The summed E-state index contributed by atoms with van der Waals surface area (Å²) in [7, 11) is 2.18. The lowest BCUT2D eigenvalue weighted by molar-refractivity contribution is 0.122. The third-order valence-corrected chi connectivity index (χ3v) is 6.89. The van der Waals surface area contributed by atoms with E-state index in [0.717, 1.165) is 74.9 Å². The van der Waals surface area contributed by atoms with E-state index in [4.69, 9.17) is 9.84 Å². The average molecular weight is 470 g/mol. The molecule has 0 bridgehead atoms. The number of hydrogen-bond acceptors (Lipinski definition) is 7. The molecule has 8 heteroatoms. The van der Waals surface area contributed by atoms with E-state index in [1.807, 2.05) is 10.7 Å². The molecule has 2 aromatic carbocycles. The first-order chi connectivity index (χ1) is 17.2. The minimum absolute atomic E-state index is 0.579. The predicted octanol–water partition coefficient (Wildman–Crippen LogP) is 3.73. The number of likely N-dealkylation sites (N-methyl/N-ethyl adjacent to an activating group) is 1. The Morgan fingerprint density at radius 3 is 2.37 bits per heavy atom. The topological polar surface area (TPSA) is 61.2 Å². The molecule has 0 aliphatic carbocycles. The van der Waals surface area contributed by atoms with Crippen LogP contribution in [-0.4, -0.2) is 79.0 Å². The molecule has 0 saturated carbocycles. The van der Waals surface area contributed by atoms with Crippen molar-refractivity contribution in [2.24, 2.45) is 0 Å². The highest BCUT2D eigenvalue weighted by molar-refractivity contribution is 5.71. The molecule has 0 atom stereocenters. The summed E-state index contributed by atoms with van der Waals surface area (Å²) in [5.41, 5.74) is 6.58. The van der Waals surface area contributed by atoms with Crippen molar-refractivity contribution in [2.75, 3.05) is 74.6 Å². The van der Waals surface area contributed by atoms with Gasteiger partial charge in [-0.05, 0) is 49.5 Å². The van der Waals surface area contributed by atoms with Crippen LogP contribution in [0.4, 0.5) is 23.0 Å². The van der Waals surface area contributed by atoms with E-state index < -0.39 is 0 Å². The maximum absolute atomic E-state index is 5.52. The Balaban J connectivity index is 1.25. The van der Waals surface area contributed by atoms with Gasteiger partial charge in [0.05, 0.1) is 30.6 Å². The van der Waals surface area contributed by atoms with Crippen LogP contribution >= 0.6 is 0 Å². The fourth-order valence-corrected chi connectivity index (χ4v) is 4.84. The highest BCUT2D eigenvalue weighted by atomic mass is 16.5. The third-order valence-electron chi connectivity index (χ3n) is 6.89. The zero-order chi connectivity index (χ0) is 23.6. The second-order valence-corrected chi connectivity index (χ2v) is 9.25. The number of aromatic nitrogens is 3. The minimum Gasteiger partial charge on any atom is -0.378 e. The van der Waals surface area contributed by atoms with Gasteiger partial charge in [0.15, 0.2) is 0 Å². The second-order valence-electron chi connectivity index (χ2n) is 9.25. The van der Waals surface area contributed by atoms with Crippen LogP contribution in [-0.2, 0) is 4.74 Å². The van der Waals surface area contributed by atoms with Gasteiger partial charge in [-0.15, -0.1) is 5.10 Å². The normalized spacial score (nSPS) is 17.2. The molecule has 6 rings (SSSR count). The summed E-state index contributed by atoms with van der Waals surface area (Å²) in [4.78, 5) is 11.7. The molecule has 1 N–H and O–H groups in total. The summed E-state index contributed by atoms with van der Waals surface area (Å²) >= 11 is 0. The lowest BCUT2D eigenvalue weighted by Gasteiger charge is -2.34. The number of nitrogens with zero attached hydrogens (tertiary/aromatic N) is 6. The summed E-state index contributed by atoms with van der Waals surface area (Å²) < 4.78 is 7.49. The maximum Gasteiger partial charge on any atom is 0.245 e. The molecular formula is C27H31N7O. The Bertz CT molecular complexity index is 1310. The van der Waals surface area contributed by atoms with E-state index in [1.54, 1.807) is 0 Å². The summed E-state index contributed by atoms with van der Waals surface area (Å²) in [6.45, 7) is 7.63. The lowest BCUT2D eigenvalue weighted by atomic mass is 10.1. The zero-order valence-corrected chi connectivity index (χ0v) is 20.1. The molecule has 2 aliphatic heterocycles. The highest BCUT2D eigenvalue weighted by Crippen LogP contribution is 2.28. The minimum atomic E-state index is 0.579. The molecule has 4 heterocycles. The van der Waals surface area contributed by atoms with Gasteiger partial charge in [-0.3, -0.25) is 0 Å². The van der Waals surface area contributed by atoms with Gasteiger partial charge in [0.2, 0.25) is 5.95 Å². The second kappa shape index (κ2) is 9.56. The van der Waals surface area contributed by atoms with Crippen LogP contribution in [0.5, 0.6) is 0 Å². The number of anilines is 4. The first-order valence-electron chi connectivity index (χ1n) is 12.3. The summed E-state index contributed by atoms with van der Waals surface area (Å²) in [5.74, 6) is 0.579. The molecule has 2 aromatic heterocycles. The van der Waals surface area contributed by atoms with Crippen LogP contribution in [0, 0.1) is 0 Å². The van der Waals surface area contributed by atoms with E-state index in [9.17, 15) is 0 Å². The number of fused-ring (bicyclic) bond motifs is 1. The lowest BCUT2D eigenvalue weighted by Crippen LogP contribution is -2.44. The van der Waals surface area contributed by atoms with Gasteiger partial charge in [-0.1, -0.05) is 18.2 Å². The molecule has 8 nitrogen and oxygen atoms in total. The van der Waals surface area contributed by atoms with Crippen LogP contribution in [0.15, 0.2) is 66.9 Å². The van der Waals surface area contributed by atoms with Gasteiger partial charge in [-0.2, -0.15) is 0 Å². The molecule has 2 saturated heterocycles. The van der Waals surface area contributed by atoms with Crippen molar-refractivity contribution in [3.05, 3.63) is 66.9 Å². The quantitative estimate of drug-likeness (QED) is 0.478. The zero-order valence-electron chi connectivity index (χ0n) is 20.1. The van der Waals surface area contributed by atoms with Gasteiger partial charge in [0.1, 0.15) is 0 Å². The van der Waals surface area contributed by atoms with Gasteiger partial charge in [0.25, 0.3) is 0 Å². The Hall–Kier alpha value is -3.62. The molecule has 2 aliphatic rings. The monoisotopic (exact) mass is 469 g/mol. The number of hydrogen-bond donors (Lipinski definition) is 1. The number of nitrogens with one attached hydrogen (secondary N) is 1. The molecule has 4 aromatic rings. The van der Waals surface area contributed by atoms with E-state index in [0.29, 0.717) is 5.95 Å². The Labute approximate surface area is 205 Å². The van der Waals surface area contributed by atoms with Crippen molar-refractivity contribution in [3.63, 3.8) is 0 Å². The number of morpholine rings is 1. The first-order valence-corrected chi connectivity index (χ1v) is 12.3. The SMILES string of the molecule is CN1CCN(c2cccc(Nc3ncc4ccc(-c5cccc(N6CCOCC6)c5)n4n3)c2)CC1. The number of benzene rings is 2. The van der Waals surface area contributed by atoms with E-state index in [-0.39, 0.29) is 0 Å². The van der Waals surface area contributed by atoms with Crippen molar-refractivity contribution in [1.82, 2.24) is 19.5 Å². The number of piperazine rings is 1. The van der Waals surface area contributed by atoms with Crippen LogP contribution in [0.1, 0.15) is 0 Å². The molecule has 2 fully saturated rings. The van der Waals surface area contributed by atoms with Crippen molar-refractivity contribution in [2.45, 2.75) is 0 Å². The molecule has 0 radical (unpaired) electrons. The number of ether oxygens (including phenoxy) is 1. The Morgan fingerprint density at radius 1 is 0.800 bits per heavy atom. The fourth-order valence-electron chi connectivity index (χ4n) is 4.84. The van der Waals surface area contributed by atoms with Crippen molar-refractivity contribution >= 4 is 28.5 Å². The van der Waals surface area contributed by atoms with Crippen LogP contribution in [0.25, 0.3) is 16.8 Å². The van der Waals surface area contributed by atoms with E-state index in [1.165, 1.54) is 11.4 Å². The smallest absolute Gasteiger partial charge is 0.245 e. The Morgan fingerprint density at radius 2 is 1.54 bits per heavy atom. The van der Waals surface area contributed by atoms with Crippen LogP contribution in [0.3, 0.4) is 0 Å². The van der Waals surface area contributed by atoms with Crippen LogP contribution < -0.4 is 15.1 Å². The fraction of sp³-hybridized carbons (Fsp3) is 0.333. The summed E-state index contributed by atoms with van der Waals surface area (Å²) in [6, 6.07) is 21.3.